The number of hydrogen-bond acceptors (Lipinski definition) is 4. The van der Waals surface area contributed by atoms with Crippen LogP contribution in [0.3, 0.4) is 0 Å². The molecule has 0 atom stereocenters. The molecule has 0 saturated heterocycles. The van der Waals surface area contributed by atoms with Crippen LogP contribution in [0.25, 0.3) is 0 Å². The van der Waals surface area contributed by atoms with Crippen molar-refractivity contribution in [2.75, 3.05) is 13.7 Å². The Morgan fingerprint density at radius 2 is 2.24 bits per heavy atom. The number of ether oxygens (including phenoxy) is 2. The van der Waals surface area contributed by atoms with E-state index in [0.29, 0.717) is 36.4 Å². The largest absolute Gasteiger partial charge is 0.496 e. The molecular formula is C12H14O5. The quantitative estimate of drug-likeness (QED) is 0.578. The lowest BCUT2D eigenvalue weighted by Crippen LogP contribution is -2.02. The Morgan fingerprint density at radius 3 is 2.82 bits per heavy atom. The molecule has 0 aliphatic carbocycles. The molecule has 0 heterocycles. The van der Waals surface area contributed by atoms with Gasteiger partial charge in [-0.1, -0.05) is 0 Å². The predicted octanol–water partition coefficient (Wildman–Crippen LogP) is 1.75. The Labute approximate surface area is 99.0 Å². The number of rotatable bonds is 7. The van der Waals surface area contributed by atoms with Gasteiger partial charge < -0.3 is 14.6 Å². The first kappa shape index (κ1) is 13.0. The number of carboxylic acid groups (broad SMARTS) is 1. The van der Waals surface area contributed by atoms with Crippen molar-refractivity contribution in [2.24, 2.45) is 0 Å². The van der Waals surface area contributed by atoms with Crippen LogP contribution >= 0.6 is 0 Å². The van der Waals surface area contributed by atoms with Gasteiger partial charge in [-0.15, -0.1) is 0 Å². The monoisotopic (exact) mass is 238 g/mol. The zero-order valence-corrected chi connectivity index (χ0v) is 9.51. The first-order valence-electron chi connectivity index (χ1n) is 5.15. The van der Waals surface area contributed by atoms with Gasteiger partial charge in [-0.2, -0.15) is 0 Å². The first-order chi connectivity index (χ1) is 8.17. The van der Waals surface area contributed by atoms with Crippen molar-refractivity contribution in [1.29, 1.82) is 0 Å². The van der Waals surface area contributed by atoms with E-state index in [9.17, 15) is 9.59 Å². The van der Waals surface area contributed by atoms with E-state index in [0.717, 1.165) is 0 Å². The molecule has 1 rings (SSSR count). The van der Waals surface area contributed by atoms with E-state index in [2.05, 4.69) is 0 Å². The lowest BCUT2D eigenvalue weighted by molar-refractivity contribution is -0.137. The van der Waals surface area contributed by atoms with Gasteiger partial charge in [0.25, 0.3) is 0 Å². The van der Waals surface area contributed by atoms with E-state index in [1.165, 1.54) is 7.11 Å². The molecular weight excluding hydrogens is 224 g/mol. The Balaban J connectivity index is 2.54. The summed E-state index contributed by atoms with van der Waals surface area (Å²) in [5.41, 5.74) is 0.406. The van der Waals surface area contributed by atoms with Gasteiger partial charge in [0.15, 0.2) is 6.29 Å². The summed E-state index contributed by atoms with van der Waals surface area (Å²) in [5.74, 6) is 0.160. The molecule has 0 aliphatic rings. The molecule has 0 aromatic heterocycles. The minimum absolute atomic E-state index is 0.0662. The van der Waals surface area contributed by atoms with Crippen molar-refractivity contribution in [3.8, 4) is 11.5 Å². The summed E-state index contributed by atoms with van der Waals surface area (Å²) in [7, 11) is 1.48. The molecule has 0 bridgehead atoms. The van der Waals surface area contributed by atoms with E-state index in [4.69, 9.17) is 14.6 Å². The predicted molar refractivity (Wildman–Crippen MR) is 60.7 cm³/mol. The topological polar surface area (TPSA) is 72.8 Å². The van der Waals surface area contributed by atoms with Crippen molar-refractivity contribution in [1.82, 2.24) is 0 Å². The highest BCUT2D eigenvalue weighted by atomic mass is 16.5. The second kappa shape index (κ2) is 6.52. The fourth-order valence-electron chi connectivity index (χ4n) is 1.31. The van der Waals surface area contributed by atoms with Crippen LogP contribution in [0.2, 0.25) is 0 Å². The van der Waals surface area contributed by atoms with E-state index in [-0.39, 0.29) is 6.42 Å². The van der Waals surface area contributed by atoms with Crippen LogP contribution in [0.1, 0.15) is 23.2 Å². The summed E-state index contributed by atoms with van der Waals surface area (Å²) in [5, 5.41) is 8.44. The van der Waals surface area contributed by atoms with Crippen LogP contribution in [0, 0.1) is 0 Å². The summed E-state index contributed by atoms with van der Waals surface area (Å²) in [6.45, 7) is 0.303. The molecule has 0 unspecified atom stereocenters. The maximum Gasteiger partial charge on any atom is 0.303 e. The lowest BCUT2D eigenvalue weighted by atomic mass is 10.2. The number of carboxylic acids is 1. The van der Waals surface area contributed by atoms with E-state index in [1.54, 1.807) is 18.2 Å². The third-order valence-corrected chi connectivity index (χ3v) is 2.13. The van der Waals surface area contributed by atoms with Gasteiger partial charge in [0, 0.05) is 6.42 Å². The fourth-order valence-corrected chi connectivity index (χ4v) is 1.31. The van der Waals surface area contributed by atoms with Gasteiger partial charge in [-0.3, -0.25) is 9.59 Å². The first-order valence-corrected chi connectivity index (χ1v) is 5.15. The highest BCUT2D eigenvalue weighted by molar-refractivity contribution is 5.80. The molecule has 92 valence electrons. The van der Waals surface area contributed by atoms with Gasteiger partial charge in [-0.25, -0.2) is 0 Å². The van der Waals surface area contributed by atoms with Crippen LogP contribution in [0.15, 0.2) is 18.2 Å². The summed E-state index contributed by atoms with van der Waals surface area (Å²) < 4.78 is 10.3. The summed E-state index contributed by atoms with van der Waals surface area (Å²) >= 11 is 0. The van der Waals surface area contributed by atoms with Crippen LogP contribution in [0.5, 0.6) is 11.5 Å². The van der Waals surface area contributed by atoms with Crippen molar-refractivity contribution in [3.63, 3.8) is 0 Å². The van der Waals surface area contributed by atoms with Gasteiger partial charge in [0.05, 0.1) is 19.3 Å². The summed E-state index contributed by atoms with van der Waals surface area (Å²) in [4.78, 5) is 21.0. The average Bonchev–Trinajstić information content (AvgIpc) is 2.34. The second-order valence-corrected chi connectivity index (χ2v) is 3.37. The molecule has 0 radical (unpaired) electrons. The lowest BCUT2D eigenvalue weighted by Gasteiger charge is -2.08. The minimum Gasteiger partial charge on any atom is -0.496 e. The Hall–Kier alpha value is -2.04. The maximum absolute atomic E-state index is 10.7. The highest BCUT2D eigenvalue weighted by Crippen LogP contribution is 2.22. The van der Waals surface area contributed by atoms with E-state index in [1.807, 2.05) is 0 Å². The van der Waals surface area contributed by atoms with Crippen molar-refractivity contribution in [2.45, 2.75) is 12.8 Å². The SMILES string of the molecule is COc1ccc(OCCCC(=O)O)cc1C=O. The maximum atomic E-state index is 10.7. The molecule has 1 N–H and O–H groups in total. The Bertz CT molecular complexity index is 400. The smallest absolute Gasteiger partial charge is 0.303 e. The number of aliphatic carboxylic acids is 1. The molecule has 0 amide bonds. The normalized spacial score (nSPS) is 9.71. The Kier molecular flexibility index (Phi) is 5.00. The van der Waals surface area contributed by atoms with Crippen molar-refractivity contribution >= 4 is 12.3 Å². The molecule has 17 heavy (non-hydrogen) atoms. The van der Waals surface area contributed by atoms with Gasteiger partial charge >= 0.3 is 5.97 Å². The van der Waals surface area contributed by atoms with Gasteiger partial charge in [0.1, 0.15) is 11.5 Å². The van der Waals surface area contributed by atoms with Gasteiger partial charge in [0.2, 0.25) is 0 Å². The number of methoxy groups -OCH3 is 1. The van der Waals surface area contributed by atoms with Crippen molar-refractivity contribution < 1.29 is 24.2 Å². The second-order valence-electron chi connectivity index (χ2n) is 3.37. The minimum atomic E-state index is -0.850. The standard InChI is InChI=1S/C12H14O5/c1-16-11-5-4-10(7-9(11)8-13)17-6-2-3-12(14)15/h4-5,7-8H,2-3,6H2,1H3,(H,14,15). The molecule has 0 saturated carbocycles. The average molecular weight is 238 g/mol. The van der Waals surface area contributed by atoms with Crippen molar-refractivity contribution in [3.05, 3.63) is 23.8 Å². The number of benzene rings is 1. The third-order valence-electron chi connectivity index (χ3n) is 2.13. The molecule has 0 spiro atoms. The molecule has 1 aromatic rings. The molecule has 0 fully saturated rings. The van der Waals surface area contributed by atoms with E-state index < -0.39 is 5.97 Å². The van der Waals surface area contributed by atoms with Crippen LogP contribution in [-0.4, -0.2) is 31.1 Å². The fraction of sp³-hybridized carbons (Fsp3) is 0.333. The molecule has 0 aliphatic heterocycles. The zero-order valence-electron chi connectivity index (χ0n) is 9.51. The number of aldehydes is 1. The molecule has 5 heteroatoms. The van der Waals surface area contributed by atoms with Gasteiger partial charge in [-0.05, 0) is 24.6 Å². The molecule has 1 aromatic carbocycles. The third kappa shape index (κ3) is 4.14. The number of hydrogen-bond donors (Lipinski definition) is 1. The highest BCUT2D eigenvalue weighted by Gasteiger charge is 2.04. The molecule has 5 nitrogen and oxygen atoms in total. The summed E-state index contributed by atoms with van der Waals surface area (Å²) in [6.07, 6.45) is 1.18. The van der Waals surface area contributed by atoms with Crippen LogP contribution in [0.4, 0.5) is 0 Å². The van der Waals surface area contributed by atoms with E-state index >= 15 is 0 Å². The van der Waals surface area contributed by atoms with Crippen LogP contribution < -0.4 is 9.47 Å². The summed E-state index contributed by atoms with van der Waals surface area (Å²) in [6, 6.07) is 4.87. The Morgan fingerprint density at radius 1 is 1.47 bits per heavy atom. The number of carbonyl (C=O) groups is 2. The van der Waals surface area contributed by atoms with Crippen LogP contribution in [-0.2, 0) is 4.79 Å². The zero-order chi connectivity index (χ0) is 12.7. The number of carbonyl (C=O) groups excluding carboxylic acids is 1.